The van der Waals surface area contributed by atoms with Crippen LogP contribution in [-0.4, -0.2) is 13.7 Å². The largest absolute Gasteiger partial charge is 0.497 e. The average Bonchev–Trinajstić information content (AvgIpc) is 2.79. The van der Waals surface area contributed by atoms with E-state index in [1.807, 2.05) is 17.4 Å². The van der Waals surface area contributed by atoms with Gasteiger partial charge in [0.15, 0.2) is 0 Å². The number of rotatable bonds is 6. The van der Waals surface area contributed by atoms with Crippen molar-refractivity contribution < 1.29 is 4.74 Å². The number of hydrogen-bond acceptors (Lipinski definition) is 3. The van der Waals surface area contributed by atoms with E-state index in [0.29, 0.717) is 0 Å². The number of hydrogen-bond donors (Lipinski definition) is 1. The number of thiophene rings is 1. The first-order valence-electron chi connectivity index (χ1n) is 7.10. The van der Waals surface area contributed by atoms with Gasteiger partial charge >= 0.3 is 0 Å². The fourth-order valence-electron chi connectivity index (χ4n) is 2.24. The van der Waals surface area contributed by atoms with E-state index in [1.165, 1.54) is 20.9 Å². The Balaban J connectivity index is 2.35. The average molecular weight is 289 g/mol. The summed E-state index contributed by atoms with van der Waals surface area (Å²) in [6.45, 7) is 7.57. The zero-order valence-electron chi connectivity index (χ0n) is 12.7. The molecule has 0 radical (unpaired) electrons. The maximum atomic E-state index is 5.35. The molecule has 0 saturated carbocycles. The molecule has 2 nitrogen and oxygen atoms in total. The molecule has 0 bridgehead atoms. The van der Waals surface area contributed by atoms with Crippen LogP contribution >= 0.6 is 11.3 Å². The SMILES string of the molecule is CCCNC(c1cccc(OC)c1)c1cc(C)c(C)s1. The Morgan fingerprint density at radius 2 is 2.05 bits per heavy atom. The van der Waals surface area contributed by atoms with E-state index < -0.39 is 0 Å². The van der Waals surface area contributed by atoms with E-state index in [4.69, 9.17) is 4.74 Å². The highest BCUT2D eigenvalue weighted by molar-refractivity contribution is 7.12. The first-order valence-corrected chi connectivity index (χ1v) is 7.91. The molecule has 0 amide bonds. The van der Waals surface area contributed by atoms with Gasteiger partial charge in [-0.15, -0.1) is 11.3 Å². The molecule has 0 aliphatic carbocycles. The van der Waals surface area contributed by atoms with Crippen molar-refractivity contribution in [3.63, 3.8) is 0 Å². The molecule has 108 valence electrons. The van der Waals surface area contributed by atoms with E-state index in [0.717, 1.165) is 18.7 Å². The summed E-state index contributed by atoms with van der Waals surface area (Å²) in [7, 11) is 1.72. The summed E-state index contributed by atoms with van der Waals surface area (Å²) in [5.41, 5.74) is 2.63. The Morgan fingerprint density at radius 3 is 2.65 bits per heavy atom. The molecule has 3 heteroatoms. The predicted molar refractivity (Wildman–Crippen MR) is 86.9 cm³/mol. The lowest BCUT2D eigenvalue weighted by atomic mass is 10.0. The van der Waals surface area contributed by atoms with Crippen LogP contribution in [0, 0.1) is 13.8 Å². The van der Waals surface area contributed by atoms with Gasteiger partial charge in [0.05, 0.1) is 13.2 Å². The zero-order valence-corrected chi connectivity index (χ0v) is 13.5. The molecule has 2 rings (SSSR count). The zero-order chi connectivity index (χ0) is 14.5. The first-order chi connectivity index (χ1) is 9.65. The molecular weight excluding hydrogens is 266 g/mol. The van der Waals surface area contributed by atoms with E-state index in [1.54, 1.807) is 7.11 Å². The van der Waals surface area contributed by atoms with Crippen molar-refractivity contribution in [2.45, 2.75) is 33.2 Å². The Morgan fingerprint density at radius 1 is 1.25 bits per heavy atom. The Labute approximate surface area is 125 Å². The summed E-state index contributed by atoms with van der Waals surface area (Å²) in [5, 5.41) is 3.65. The second kappa shape index (κ2) is 6.91. The molecule has 1 atom stereocenters. The van der Waals surface area contributed by atoms with Crippen LogP contribution in [0.3, 0.4) is 0 Å². The minimum absolute atomic E-state index is 0.252. The number of methoxy groups -OCH3 is 1. The van der Waals surface area contributed by atoms with E-state index in [-0.39, 0.29) is 6.04 Å². The van der Waals surface area contributed by atoms with Crippen LogP contribution in [0.1, 0.15) is 40.3 Å². The maximum absolute atomic E-state index is 5.35. The Hall–Kier alpha value is -1.32. The van der Waals surface area contributed by atoms with Crippen LogP contribution in [0.2, 0.25) is 0 Å². The Kier molecular flexibility index (Phi) is 5.21. The maximum Gasteiger partial charge on any atom is 0.119 e. The highest BCUT2D eigenvalue weighted by atomic mass is 32.1. The highest BCUT2D eigenvalue weighted by Crippen LogP contribution is 2.32. The number of nitrogens with one attached hydrogen (secondary N) is 1. The van der Waals surface area contributed by atoms with Crippen molar-refractivity contribution in [3.05, 3.63) is 51.2 Å². The van der Waals surface area contributed by atoms with Gasteiger partial charge in [-0.2, -0.15) is 0 Å². The third-order valence-corrected chi connectivity index (χ3v) is 4.71. The van der Waals surface area contributed by atoms with Gasteiger partial charge < -0.3 is 10.1 Å². The molecule has 1 aromatic carbocycles. The lowest BCUT2D eigenvalue weighted by Gasteiger charge is -2.18. The smallest absolute Gasteiger partial charge is 0.119 e. The minimum atomic E-state index is 0.252. The number of ether oxygens (including phenoxy) is 1. The topological polar surface area (TPSA) is 21.3 Å². The van der Waals surface area contributed by atoms with Crippen molar-refractivity contribution >= 4 is 11.3 Å². The molecule has 1 aromatic heterocycles. The molecule has 0 fully saturated rings. The van der Waals surface area contributed by atoms with Gasteiger partial charge in [-0.3, -0.25) is 0 Å². The molecule has 1 unspecified atom stereocenters. The third kappa shape index (κ3) is 3.41. The molecule has 2 aromatic rings. The highest BCUT2D eigenvalue weighted by Gasteiger charge is 2.16. The van der Waals surface area contributed by atoms with Crippen LogP contribution in [0.5, 0.6) is 5.75 Å². The second-order valence-corrected chi connectivity index (χ2v) is 6.34. The van der Waals surface area contributed by atoms with Gasteiger partial charge in [-0.1, -0.05) is 19.1 Å². The molecule has 0 spiro atoms. The quantitative estimate of drug-likeness (QED) is 0.847. The van der Waals surface area contributed by atoms with Gasteiger partial charge in [-0.05, 0) is 56.1 Å². The van der Waals surface area contributed by atoms with Crippen LogP contribution in [0.4, 0.5) is 0 Å². The van der Waals surface area contributed by atoms with Crippen molar-refractivity contribution in [2.75, 3.05) is 13.7 Å². The van der Waals surface area contributed by atoms with Crippen molar-refractivity contribution in [2.24, 2.45) is 0 Å². The standard InChI is InChI=1S/C17H23NOS/c1-5-9-18-17(16-10-12(2)13(3)20-16)14-7-6-8-15(11-14)19-4/h6-8,10-11,17-18H,5,9H2,1-4H3. The fourth-order valence-corrected chi connectivity index (χ4v) is 3.38. The van der Waals surface area contributed by atoms with Crippen molar-refractivity contribution in [1.29, 1.82) is 0 Å². The normalized spacial score (nSPS) is 12.4. The first kappa shape index (κ1) is 15.1. The van der Waals surface area contributed by atoms with Crippen LogP contribution in [0.25, 0.3) is 0 Å². The molecule has 20 heavy (non-hydrogen) atoms. The summed E-state index contributed by atoms with van der Waals surface area (Å²) < 4.78 is 5.35. The van der Waals surface area contributed by atoms with E-state index in [9.17, 15) is 0 Å². The Bertz CT molecular complexity index is 542. The molecule has 1 heterocycles. The van der Waals surface area contributed by atoms with Gasteiger partial charge in [0.1, 0.15) is 5.75 Å². The third-order valence-electron chi connectivity index (χ3n) is 3.50. The summed E-state index contributed by atoms with van der Waals surface area (Å²) in [6.07, 6.45) is 1.13. The fraction of sp³-hybridized carbons (Fsp3) is 0.412. The van der Waals surface area contributed by atoms with Crippen LogP contribution in [-0.2, 0) is 0 Å². The lowest BCUT2D eigenvalue weighted by Crippen LogP contribution is -2.22. The molecule has 0 saturated heterocycles. The van der Waals surface area contributed by atoms with Gasteiger partial charge in [0, 0.05) is 9.75 Å². The monoisotopic (exact) mass is 289 g/mol. The summed E-state index contributed by atoms with van der Waals surface area (Å²) >= 11 is 1.88. The second-order valence-electron chi connectivity index (χ2n) is 5.05. The number of benzene rings is 1. The van der Waals surface area contributed by atoms with Crippen molar-refractivity contribution in [1.82, 2.24) is 5.32 Å². The molecule has 0 aliphatic heterocycles. The van der Waals surface area contributed by atoms with E-state index in [2.05, 4.69) is 50.4 Å². The van der Waals surface area contributed by atoms with Crippen LogP contribution in [0.15, 0.2) is 30.3 Å². The molecule has 1 N–H and O–H groups in total. The van der Waals surface area contributed by atoms with E-state index >= 15 is 0 Å². The minimum Gasteiger partial charge on any atom is -0.497 e. The number of aryl methyl sites for hydroxylation is 2. The van der Waals surface area contributed by atoms with Crippen molar-refractivity contribution in [3.8, 4) is 5.75 Å². The lowest BCUT2D eigenvalue weighted by molar-refractivity contribution is 0.413. The van der Waals surface area contributed by atoms with Gasteiger partial charge in [0.25, 0.3) is 0 Å². The summed E-state index contributed by atoms with van der Waals surface area (Å²) in [4.78, 5) is 2.77. The summed E-state index contributed by atoms with van der Waals surface area (Å²) in [6, 6.07) is 10.9. The van der Waals surface area contributed by atoms with Crippen LogP contribution < -0.4 is 10.1 Å². The van der Waals surface area contributed by atoms with Gasteiger partial charge in [0.2, 0.25) is 0 Å². The van der Waals surface area contributed by atoms with Gasteiger partial charge in [-0.25, -0.2) is 0 Å². The molecular formula is C17H23NOS. The molecule has 0 aliphatic rings. The summed E-state index contributed by atoms with van der Waals surface area (Å²) in [5.74, 6) is 0.913. The predicted octanol–water partition coefficient (Wildman–Crippen LogP) is 4.46.